The van der Waals surface area contributed by atoms with Crippen LogP contribution in [0.1, 0.15) is 60.8 Å². The maximum atomic E-state index is 13.1. The van der Waals surface area contributed by atoms with Crippen LogP contribution in [0.15, 0.2) is 29.4 Å². The number of aryl methyl sites for hydroxylation is 1. The first-order valence-corrected chi connectivity index (χ1v) is 13.1. The molecule has 2 heterocycles. The molecule has 0 saturated carbocycles. The number of esters is 1. The van der Waals surface area contributed by atoms with Crippen LogP contribution < -0.4 is 4.90 Å². The summed E-state index contributed by atoms with van der Waals surface area (Å²) in [7, 11) is 0. The predicted octanol–water partition coefficient (Wildman–Crippen LogP) is 4.65. The number of benzene rings is 1. The molecule has 1 amide bonds. The molecule has 3 rings (SSSR count). The van der Waals surface area contributed by atoms with Gasteiger partial charge in [0.1, 0.15) is 5.82 Å². The number of thioether (sulfide) groups is 1. The van der Waals surface area contributed by atoms with E-state index in [0.717, 1.165) is 40.9 Å². The van der Waals surface area contributed by atoms with Crippen molar-refractivity contribution in [3.63, 3.8) is 0 Å². The average Bonchev–Trinajstić information content (AvgIpc) is 2.86. The Hall–Kier alpha value is -2.61. The Bertz CT molecular complexity index is 1000. The Morgan fingerprint density at radius 3 is 2.47 bits per heavy atom. The molecule has 0 aliphatic carbocycles. The van der Waals surface area contributed by atoms with Crippen molar-refractivity contribution in [2.75, 3.05) is 37.7 Å². The van der Waals surface area contributed by atoms with Gasteiger partial charge in [0.2, 0.25) is 0 Å². The van der Waals surface area contributed by atoms with E-state index in [-0.39, 0.29) is 17.8 Å². The molecule has 0 N–H and O–H groups in total. The molecule has 1 aliphatic rings. The molecule has 8 heteroatoms. The zero-order chi connectivity index (χ0) is 24.7. The summed E-state index contributed by atoms with van der Waals surface area (Å²) in [5, 5.41) is 0.753. The average molecular weight is 485 g/mol. The van der Waals surface area contributed by atoms with E-state index in [9.17, 15) is 9.59 Å². The van der Waals surface area contributed by atoms with Crippen molar-refractivity contribution < 1.29 is 14.3 Å². The van der Waals surface area contributed by atoms with Gasteiger partial charge in [-0.25, -0.2) is 9.97 Å². The number of anilines is 1. The van der Waals surface area contributed by atoms with Gasteiger partial charge in [0.15, 0.2) is 5.16 Å². The van der Waals surface area contributed by atoms with Crippen LogP contribution in [0, 0.1) is 19.8 Å². The number of hydrogen-bond acceptors (Lipinski definition) is 7. The van der Waals surface area contributed by atoms with Gasteiger partial charge in [-0.3, -0.25) is 9.59 Å². The molecule has 0 unspecified atom stereocenters. The Balaban J connectivity index is 1.64. The first-order chi connectivity index (χ1) is 16.4. The lowest BCUT2D eigenvalue weighted by Crippen LogP contribution is -2.40. The largest absolute Gasteiger partial charge is 0.466 e. The minimum absolute atomic E-state index is 0.0143. The lowest BCUT2D eigenvalue weighted by molar-refractivity contribution is -0.149. The topological polar surface area (TPSA) is 75.6 Å². The van der Waals surface area contributed by atoms with Crippen LogP contribution in [-0.2, 0) is 15.3 Å². The van der Waals surface area contributed by atoms with Gasteiger partial charge >= 0.3 is 5.97 Å². The second-order valence-electron chi connectivity index (χ2n) is 8.52. The van der Waals surface area contributed by atoms with Gasteiger partial charge in [-0.2, -0.15) is 0 Å². The number of hydrogen-bond donors (Lipinski definition) is 0. The monoisotopic (exact) mass is 484 g/mol. The van der Waals surface area contributed by atoms with Crippen LogP contribution in [0.25, 0.3) is 0 Å². The van der Waals surface area contributed by atoms with Gasteiger partial charge < -0.3 is 14.5 Å². The van der Waals surface area contributed by atoms with E-state index in [2.05, 4.69) is 30.7 Å². The Morgan fingerprint density at radius 2 is 1.82 bits per heavy atom. The summed E-state index contributed by atoms with van der Waals surface area (Å²) in [4.78, 5) is 38.6. The fraction of sp³-hybridized carbons (Fsp3) is 0.538. The lowest BCUT2D eigenvalue weighted by atomic mass is 9.96. The van der Waals surface area contributed by atoms with Gasteiger partial charge in [-0.15, -0.1) is 0 Å². The quantitative estimate of drug-likeness (QED) is 0.291. The summed E-state index contributed by atoms with van der Waals surface area (Å²) in [6.45, 7) is 13.5. The van der Waals surface area contributed by atoms with E-state index in [1.54, 1.807) is 11.8 Å². The summed E-state index contributed by atoms with van der Waals surface area (Å²) >= 11 is 1.59. The molecule has 0 atom stereocenters. The van der Waals surface area contributed by atoms with Crippen LogP contribution in [0.4, 0.5) is 5.82 Å². The number of ether oxygens (including phenoxy) is 1. The third-order valence-electron chi connectivity index (χ3n) is 6.35. The van der Waals surface area contributed by atoms with Gasteiger partial charge in [-0.1, -0.05) is 23.9 Å². The van der Waals surface area contributed by atoms with E-state index in [4.69, 9.17) is 9.72 Å². The number of rotatable bonds is 9. The van der Waals surface area contributed by atoms with Crippen molar-refractivity contribution in [3.8, 4) is 0 Å². The molecule has 1 fully saturated rings. The zero-order valence-corrected chi connectivity index (χ0v) is 21.8. The molecule has 34 heavy (non-hydrogen) atoms. The Kier molecular flexibility index (Phi) is 9.33. The van der Waals surface area contributed by atoms with Crippen LogP contribution in [0.5, 0.6) is 0 Å². The van der Waals surface area contributed by atoms with E-state index in [1.165, 1.54) is 0 Å². The van der Waals surface area contributed by atoms with Crippen molar-refractivity contribution in [1.29, 1.82) is 0 Å². The second-order valence-corrected chi connectivity index (χ2v) is 9.46. The van der Waals surface area contributed by atoms with Crippen LogP contribution in [0.2, 0.25) is 0 Å². The minimum atomic E-state index is -0.147. The van der Waals surface area contributed by atoms with Crippen LogP contribution >= 0.6 is 11.8 Å². The fourth-order valence-corrected chi connectivity index (χ4v) is 5.01. The normalized spacial score (nSPS) is 14.2. The summed E-state index contributed by atoms with van der Waals surface area (Å²) in [5.74, 6) is 1.44. The van der Waals surface area contributed by atoms with Gasteiger partial charge in [0, 0.05) is 48.8 Å². The maximum Gasteiger partial charge on any atom is 0.309 e. The summed E-state index contributed by atoms with van der Waals surface area (Å²) < 4.78 is 5.13. The van der Waals surface area contributed by atoms with E-state index in [0.29, 0.717) is 43.9 Å². The summed E-state index contributed by atoms with van der Waals surface area (Å²) in [6.07, 6.45) is 1.30. The standard InChI is InChI=1S/C26H36N4O3S/c1-6-29(7-2)23-18(4)19(5)27-26(28-23)34-17-20-10-9-11-22(16-20)24(31)30-14-12-21(13-15-30)25(32)33-8-3/h9-11,16,21H,6-8,12-15,17H2,1-5H3. The molecule has 0 spiro atoms. The zero-order valence-electron chi connectivity index (χ0n) is 21.0. The Labute approximate surface area is 207 Å². The van der Waals surface area contributed by atoms with Crippen molar-refractivity contribution >= 4 is 29.5 Å². The smallest absolute Gasteiger partial charge is 0.309 e. The minimum Gasteiger partial charge on any atom is -0.466 e. The highest BCUT2D eigenvalue weighted by Crippen LogP contribution is 2.27. The number of carbonyl (C=O) groups excluding carboxylic acids is 2. The van der Waals surface area contributed by atoms with E-state index in [1.807, 2.05) is 43.0 Å². The third kappa shape index (κ3) is 6.29. The Morgan fingerprint density at radius 1 is 1.12 bits per heavy atom. The molecule has 0 bridgehead atoms. The number of piperidine rings is 1. The number of nitrogens with zero attached hydrogens (tertiary/aromatic N) is 4. The fourth-order valence-electron chi connectivity index (χ4n) is 4.19. The van der Waals surface area contributed by atoms with Crippen molar-refractivity contribution in [2.45, 2.75) is 58.4 Å². The summed E-state index contributed by atoms with van der Waals surface area (Å²) in [6, 6.07) is 7.78. The molecule has 184 valence electrons. The second kappa shape index (κ2) is 12.2. The molecule has 1 aromatic heterocycles. The highest BCUT2D eigenvalue weighted by Gasteiger charge is 2.28. The SMILES string of the molecule is CCOC(=O)C1CCN(C(=O)c2cccc(CSc3nc(C)c(C)c(N(CC)CC)n3)c2)CC1. The molecule has 1 saturated heterocycles. The van der Waals surface area contributed by atoms with Gasteiger partial charge in [-0.05, 0) is 65.2 Å². The molecule has 1 aromatic carbocycles. The van der Waals surface area contributed by atoms with Gasteiger partial charge in [0.05, 0.1) is 12.5 Å². The molecule has 0 radical (unpaired) electrons. The number of carbonyl (C=O) groups is 2. The molecule has 2 aromatic rings. The maximum absolute atomic E-state index is 13.1. The first kappa shape index (κ1) is 26.0. The molecular weight excluding hydrogens is 448 g/mol. The highest BCUT2D eigenvalue weighted by atomic mass is 32.2. The molecule has 7 nitrogen and oxygen atoms in total. The number of aromatic nitrogens is 2. The first-order valence-electron chi connectivity index (χ1n) is 12.2. The molecule has 1 aliphatic heterocycles. The highest BCUT2D eigenvalue weighted by molar-refractivity contribution is 7.98. The van der Waals surface area contributed by atoms with Crippen LogP contribution in [0.3, 0.4) is 0 Å². The third-order valence-corrected chi connectivity index (χ3v) is 7.27. The summed E-state index contributed by atoms with van der Waals surface area (Å²) in [5.41, 5.74) is 3.85. The van der Waals surface area contributed by atoms with E-state index >= 15 is 0 Å². The molecular formula is C26H36N4O3S. The number of likely N-dealkylation sites (tertiary alicyclic amines) is 1. The van der Waals surface area contributed by atoms with Crippen molar-refractivity contribution in [3.05, 3.63) is 46.6 Å². The van der Waals surface area contributed by atoms with Crippen molar-refractivity contribution in [1.82, 2.24) is 14.9 Å². The predicted molar refractivity (Wildman–Crippen MR) is 136 cm³/mol. The van der Waals surface area contributed by atoms with Crippen LogP contribution in [-0.4, -0.2) is 59.5 Å². The number of amides is 1. The lowest BCUT2D eigenvalue weighted by Gasteiger charge is -2.31. The van der Waals surface area contributed by atoms with E-state index < -0.39 is 0 Å². The van der Waals surface area contributed by atoms with Crippen molar-refractivity contribution in [2.24, 2.45) is 5.92 Å². The van der Waals surface area contributed by atoms with Gasteiger partial charge in [0.25, 0.3) is 5.91 Å².